The summed E-state index contributed by atoms with van der Waals surface area (Å²) in [6.07, 6.45) is -0.250. The zero-order valence-corrected chi connectivity index (χ0v) is 9.97. The standard InChI is InChI=1S/C13H18O3/c1-4-16-13(14)10(2)12(15-3)11-8-6-5-7-9-11/h5-10,12H,4H2,1-3H3/t10-,12+/m0/s1. The summed E-state index contributed by atoms with van der Waals surface area (Å²) >= 11 is 0. The van der Waals surface area contributed by atoms with E-state index in [1.165, 1.54) is 0 Å². The molecule has 0 aliphatic carbocycles. The Bertz CT molecular complexity index is 321. The number of benzene rings is 1. The Balaban J connectivity index is 2.78. The Kier molecular flexibility index (Phi) is 4.99. The molecule has 0 aliphatic rings. The lowest BCUT2D eigenvalue weighted by atomic mass is 9.97. The van der Waals surface area contributed by atoms with Crippen molar-refractivity contribution in [2.75, 3.05) is 13.7 Å². The molecule has 0 amide bonds. The second-order valence-electron chi connectivity index (χ2n) is 3.61. The highest BCUT2D eigenvalue weighted by Crippen LogP contribution is 2.25. The molecule has 0 saturated carbocycles. The van der Waals surface area contributed by atoms with Crippen molar-refractivity contribution in [2.45, 2.75) is 20.0 Å². The van der Waals surface area contributed by atoms with Gasteiger partial charge >= 0.3 is 5.97 Å². The first-order valence-corrected chi connectivity index (χ1v) is 5.45. The van der Waals surface area contributed by atoms with Gasteiger partial charge in [0.25, 0.3) is 0 Å². The zero-order valence-electron chi connectivity index (χ0n) is 9.97. The number of hydrogen-bond donors (Lipinski definition) is 0. The maximum absolute atomic E-state index is 11.6. The van der Waals surface area contributed by atoms with Crippen LogP contribution in [0.3, 0.4) is 0 Å². The minimum absolute atomic E-state index is 0.224. The Morgan fingerprint density at radius 2 is 1.94 bits per heavy atom. The lowest BCUT2D eigenvalue weighted by Crippen LogP contribution is -2.23. The fourth-order valence-electron chi connectivity index (χ4n) is 1.67. The summed E-state index contributed by atoms with van der Waals surface area (Å²) in [6, 6.07) is 9.69. The van der Waals surface area contributed by atoms with E-state index in [0.717, 1.165) is 5.56 Å². The Labute approximate surface area is 96.4 Å². The van der Waals surface area contributed by atoms with Gasteiger partial charge in [0.1, 0.15) is 0 Å². The number of esters is 1. The van der Waals surface area contributed by atoms with Gasteiger partial charge in [0.2, 0.25) is 0 Å². The molecule has 0 aliphatic heterocycles. The topological polar surface area (TPSA) is 35.5 Å². The van der Waals surface area contributed by atoms with Gasteiger partial charge < -0.3 is 9.47 Å². The van der Waals surface area contributed by atoms with Crippen LogP contribution in [-0.2, 0) is 14.3 Å². The highest BCUT2D eigenvalue weighted by Gasteiger charge is 2.26. The normalized spacial score (nSPS) is 14.2. The lowest BCUT2D eigenvalue weighted by Gasteiger charge is -2.21. The first-order chi connectivity index (χ1) is 7.70. The molecule has 3 heteroatoms. The second kappa shape index (κ2) is 6.28. The number of ether oxygens (including phenoxy) is 2. The van der Waals surface area contributed by atoms with Gasteiger partial charge in [-0.1, -0.05) is 30.3 Å². The van der Waals surface area contributed by atoms with E-state index in [1.54, 1.807) is 14.0 Å². The van der Waals surface area contributed by atoms with Crippen molar-refractivity contribution in [3.63, 3.8) is 0 Å². The van der Waals surface area contributed by atoms with Crippen LogP contribution in [-0.4, -0.2) is 19.7 Å². The first kappa shape index (κ1) is 12.7. The molecule has 0 aromatic heterocycles. The highest BCUT2D eigenvalue weighted by molar-refractivity contribution is 5.73. The third kappa shape index (κ3) is 3.07. The average Bonchev–Trinajstić information content (AvgIpc) is 2.31. The van der Waals surface area contributed by atoms with Crippen molar-refractivity contribution < 1.29 is 14.3 Å². The fraction of sp³-hybridized carbons (Fsp3) is 0.462. The van der Waals surface area contributed by atoms with Crippen molar-refractivity contribution in [3.05, 3.63) is 35.9 Å². The van der Waals surface area contributed by atoms with Crippen LogP contribution in [0.1, 0.15) is 25.5 Å². The third-order valence-electron chi connectivity index (χ3n) is 2.49. The van der Waals surface area contributed by atoms with E-state index in [2.05, 4.69) is 0 Å². The number of carbonyl (C=O) groups excluding carboxylic acids is 1. The molecule has 1 aromatic rings. The summed E-state index contributed by atoms with van der Waals surface area (Å²) in [7, 11) is 1.60. The fourth-order valence-corrected chi connectivity index (χ4v) is 1.67. The summed E-state index contributed by atoms with van der Waals surface area (Å²) in [5.41, 5.74) is 0.991. The van der Waals surface area contributed by atoms with E-state index in [0.29, 0.717) is 6.61 Å². The molecule has 0 radical (unpaired) electrons. The number of methoxy groups -OCH3 is 1. The van der Waals surface area contributed by atoms with Gasteiger partial charge in [0, 0.05) is 7.11 Å². The van der Waals surface area contributed by atoms with Crippen LogP contribution in [0.2, 0.25) is 0 Å². The number of hydrogen-bond acceptors (Lipinski definition) is 3. The smallest absolute Gasteiger partial charge is 0.311 e. The van der Waals surface area contributed by atoms with Crippen molar-refractivity contribution in [1.29, 1.82) is 0 Å². The van der Waals surface area contributed by atoms with Crippen molar-refractivity contribution >= 4 is 5.97 Å². The molecule has 2 atom stereocenters. The zero-order chi connectivity index (χ0) is 12.0. The predicted octanol–water partition coefficient (Wildman–Crippen LogP) is 2.57. The maximum atomic E-state index is 11.6. The Hall–Kier alpha value is -1.35. The van der Waals surface area contributed by atoms with Crippen LogP contribution in [0.4, 0.5) is 0 Å². The van der Waals surface area contributed by atoms with Gasteiger partial charge in [-0.25, -0.2) is 0 Å². The molecule has 3 nitrogen and oxygen atoms in total. The van der Waals surface area contributed by atoms with E-state index < -0.39 is 0 Å². The van der Waals surface area contributed by atoms with Crippen LogP contribution in [0.15, 0.2) is 30.3 Å². The molecular formula is C13H18O3. The van der Waals surface area contributed by atoms with Crippen LogP contribution in [0.25, 0.3) is 0 Å². The SMILES string of the molecule is CCOC(=O)[C@@H](C)[C@@H](OC)c1ccccc1. The minimum atomic E-state index is -0.299. The van der Waals surface area contributed by atoms with Crippen LogP contribution in [0.5, 0.6) is 0 Å². The van der Waals surface area contributed by atoms with E-state index in [4.69, 9.17) is 9.47 Å². The molecule has 1 aromatic carbocycles. The molecule has 0 fully saturated rings. The second-order valence-corrected chi connectivity index (χ2v) is 3.61. The van der Waals surface area contributed by atoms with Gasteiger partial charge in [0.05, 0.1) is 18.6 Å². The Morgan fingerprint density at radius 3 is 2.44 bits per heavy atom. The van der Waals surface area contributed by atoms with Gasteiger partial charge in [0.15, 0.2) is 0 Å². The lowest BCUT2D eigenvalue weighted by molar-refractivity contribution is -0.152. The largest absolute Gasteiger partial charge is 0.466 e. The van der Waals surface area contributed by atoms with Crippen LogP contribution in [0, 0.1) is 5.92 Å². The van der Waals surface area contributed by atoms with Gasteiger partial charge in [-0.3, -0.25) is 4.79 Å². The molecule has 1 rings (SSSR count). The molecule has 0 unspecified atom stereocenters. The Morgan fingerprint density at radius 1 is 1.31 bits per heavy atom. The van der Waals surface area contributed by atoms with E-state index in [1.807, 2.05) is 37.3 Å². The predicted molar refractivity (Wildman–Crippen MR) is 62.0 cm³/mol. The first-order valence-electron chi connectivity index (χ1n) is 5.45. The maximum Gasteiger partial charge on any atom is 0.311 e. The van der Waals surface area contributed by atoms with E-state index in [-0.39, 0.29) is 18.0 Å². The summed E-state index contributed by atoms with van der Waals surface area (Å²) in [5, 5.41) is 0. The summed E-state index contributed by atoms with van der Waals surface area (Å²) in [6.45, 7) is 4.02. The minimum Gasteiger partial charge on any atom is -0.466 e. The number of carbonyl (C=O) groups is 1. The van der Waals surface area contributed by atoms with Crippen LogP contribution >= 0.6 is 0 Å². The molecular weight excluding hydrogens is 204 g/mol. The molecule has 0 spiro atoms. The molecule has 0 saturated heterocycles. The van der Waals surface area contributed by atoms with Gasteiger partial charge in [-0.15, -0.1) is 0 Å². The van der Waals surface area contributed by atoms with Gasteiger partial charge in [-0.2, -0.15) is 0 Å². The molecule has 88 valence electrons. The van der Waals surface area contributed by atoms with Crippen LogP contribution < -0.4 is 0 Å². The van der Waals surface area contributed by atoms with E-state index in [9.17, 15) is 4.79 Å². The molecule has 0 heterocycles. The van der Waals surface area contributed by atoms with Crippen molar-refractivity contribution in [3.8, 4) is 0 Å². The molecule has 16 heavy (non-hydrogen) atoms. The quantitative estimate of drug-likeness (QED) is 0.718. The highest BCUT2D eigenvalue weighted by atomic mass is 16.5. The number of rotatable bonds is 5. The van der Waals surface area contributed by atoms with Crippen molar-refractivity contribution in [2.24, 2.45) is 5.92 Å². The van der Waals surface area contributed by atoms with Crippen molar-refractivity contribution in [1.82, 2.24) is 0 Å². The van der Waals surface area contributed by atoms with E-state index >= 15 is 0 Å². The monoisotopic (exact) mass is 222 g/mol. The summed E-state index contributed by atoms with van der Waals surface area (Å²) in [4.78, 5) is 11.6. The summed E-state index contributed by atoms with van der Waals surface area (Å²) in [5.74, 6) is -0.523. The third-order valence-corrected chi connectivity index (χ3v) is 2.49. The molecule has 0 N–H and O–H groups in total. The molecule has 0 bridgehead atoms. The van der Waals surface area contributed by atoms with Gasteiger partial charge in [-0.05, 0) is 19.4 Å². The summed E-state index contributed by atoms with van der Waals surface area (Å²) < 4.78 is 10.4. The average molecular weight is 222 g/mol.